The Morgan fingerprint density at radius 3 is 2.59 bits per heavy atom. The maximum atomic E-state index is 6.30. The summed E-state index contributed by atoms with van der Waals surface area (Å²) in [5.74, 6) is 0.774. The molecule has 4 aromatic rings. The maximum Gasteiger partial charge on any atom is 0.174 e. The summed E-state index contributed by atoms with van der Waals surface area (Å²) in [6, 6.07) is 25.6. The van der Waals surface area contributed by atoms with Crippen LogP contribution in [-0.2, 0) is 0 Å². The predicted octanol–water partition coefficient (Wildman–Crippen LogP) is 5.71. The van der Waals surface area contributed by atoms with Crippen molar-refractivity contribution in [2.45, 2.75) is 12.1 Å². The number of hydrogen-bond acceptors (Lipinski definition) is 3. The minimum atomic E-state index is -0.140. The monoisotopic (exact) mass is 460 g/mol. The van der Waals surface area contributed by atoms with E-state index in [-0.39, 0.29) is 12.1 Å². The summed E-state index contributed by atoms with van der Waals surface area (Å²) < 4.78 is 7.62. The van der Waals surface area contributed by atoms with Crippen molar-refractivity contribution < 1.29 is 4.74 Å². The van der Waals surface area contributed by atoms with Gasteiger partial charge in [0, 0.05) is 40.6 Å². The highest BCUT2D eigenvalue weighted by Crippen LogP contribution is 2.42. The number of ether oxygens (including phenoxy) is 1. The summed E-state index contributed by atoms with van der Waals surface area (Å²) in [6.07, 6.45) is 3.85. The summed E-state index contributed by atoms with van der Waals surface area (Å²) in [5.41, 5.74) is 3.92. The zero-order valence-corrected chi connectivity index (χ0v) is 18.9. The highest BCUT2D eigenvalue weighted by Gasteiger charge is 2.42. The van der Waals surface area contributed by atoms with Crippen LogP contribution < -0.4 is 15.0 Å². The first kappa shape index (κ1) is 20.5. The Morgan fingerprint density at radius 1 is 0.969 bits per heavy atom. The van der Waals surface area contributed by atoms with Crippen LogP contribution in [0.25, 0.3) is 5.69 Å². The van der Waals surface area contributed by atoms with Crippen molar-refractivity contribution in [3.8, 4) is 11.4 Å². The molecule has 0 amide bonds. The normalized spacial score (nSPS) is 17.9. The zero-order chi connectivity index (χ0) is 22.1. The van der Waals surface area contributed by atoms with Gasteiger partial charge in [0.05, 0.1) is 18.8 Å². The molecule has 2 aromatic carbocycles. The first-order chi connectivity index (χ1) is 15.7. The molecule has 2 aromatic heterocycles. The summed E-state index contributed by atoms with van der Waals surface area (Å²) in [7, 11) is 1.66. The second kappa shape index (κ2) is 8.65. The zero-order valence-electron chi connectivity index (χ0n) is 17.4. The summed E-state index contributed by atoms with van der Waals surface area (Å²) in [5, 5.41) is 4.82. The van der Waals surface area contributed by atoms with Crippen LogP contribution >= 0.6 is 23.8 Å². The number of benzene rings is 2. The van der Waals surface area contributed by atoms with E-state index in [0.29, 0.717) is 10.1 Å². The van der Waals surface area contributed by atoms with Crippen molar-refractivity contribution >= 4 is 34.6 Å². The number of nitrogens with zero attached hydrogens (tertiary/aromatic N) is 3. The number of hydrogen-bond donors (Lipinski definition) is 1. The summed E-state index contributed by atoms with van der Waals surface area (Å²) in [4.78, 5) is 6.76. The highest BCUT2D eigenvalue weighted by molar-refractivity contribution is 7.80. The fourth-order valence-corrected chi connectivity index (χ4v) is 4.72. The standard InChI is InChI=1S/C25H21ClN4OS/c1-31-20-10-5-9-19(16-20)30-24(23(28-25(30)32)21-11-2-3-13-27-21)22-12-6-14-29(22)18-8-4-7-17(26)15-18/h2-16,23-24H,1H3,(H,28,32)/t23-,24-/m0/s1. The first-order valence-corrected chi connectivity index (χ1v) is 11.0. The molecule has 1 aliphatic rings. The molecule has 0 bridgehead atoms. The van der Waals surface area contributed by atoms with E-state index in [0.717, 1.165) is 28.5 Å². The largest absolute Gasteiger partial charge is 0.497 e. The van der Waals surface area contributed by atoms with Gasteiger partial charge in [0.2, 0.25) is 0 Å². The van der Waals surface area contributed by atoms with Crippen LogP contribution in [0.4, 0.5) is 5.69 Å². The second-order valence-electron chi connectivity index (χ2n) is 7.48. The van der Waals surface area contributed by atoms with Gasteiger partial charge in [-0.25, -0.2) is 0 Å². The lowest BCUT2D eigenvalue weighted by Gasteiger charge is -2.29. The average molecular weight is 461 g/mol. The molecule has 1 fully saturated rings. The van der Waals surface area contributed by atoms with Crippen molar-refractivity contribution in [1.29, 1.82) is 0 Å². The number of thiocarbonyl (C=S) groups is 1. The number of pyridine rings is 1. The molecule has 0 unspecified atom stereocenters. The van der Waals surface area contributed by atoms with Crippen LogP contribution in [0.5, 0.6) is 5.75 Å². The Kier molecular flexibility index (Phi) is 5.55. The number of halogens is 1. The smallest absolute Gasteiger partial charge is 0.174 e. The SMILES string of the molecule is COc1cccc(N2C(=S)N[C@@H](c3ccccn3)[C@@H]2c2cccn2-c2cccc(Cl)c2)c1. The molecule has 0 saturated carbocycles. The number of nitrogens with one attached hydrogen (secondary N) is 1. The lowest BCUT2D eigenvalue weighted by atomic mass is 10.0. The van der Waals surface area contributed by atoms with Crippen LogP contribution in [-0.4, -0.2) is 21.8 Å². The van der Waals surface area contributed by atoms with E-state index in [1.54, 1.807) is 13.3 Å². The molecular formula is C25H21ClN4OS. The molecule has 1 N–H and O–H groups in total. The van der Waals surface area contributed by atoms with Crippen LogP contribution in [0.15, 0.2) is 91.3 Å². The van der Waals surface area contributed by atoms with Gasteiger partial charge in [-0.2, -0.15) is 0 Å². The van der Waals surface area contributed by atoms with Gasteiger partial charge >= 0.3 is 0 Å². The van der Waals surface area contributed by atoms with Crippen molar-refractivity contribution in [2.24, 2.45) is 0 Å². The molecule has 0 aliphatic carbocycles. The fraction of sp³-hybridized carbons (Fsp3) is 0.120. The first-order valence-electron chi connectivity index (χ1n) is 10.2. The van der Waals surface area contributed by atoms with Crippen molar-refractivity contribution in [1.82, 2.24) is 14.9 Å². The van der Waals surface area contributed by atoms with Gasteiger partial charge in [0.15, 0.2) is 5.11 Å². The van der Waals surface area contributed by atoms with Crippen LogP contribution in [0.1, 0.15) is 23.5 Å². The van der Waals surface area contributed by atoms with E-state index in [1.807, 2.05) is 79.0 Å². The van der Waals surface area contributed by atoms with Gasteiger partial charge in [-0.15, -0.1) is 0 Å². The van der Waals surface area contributed by atoms with E-state index in [1.165, 1.54) is 0 Å². The van der Waals surface area contributed by atoms with Gasteiger partial charge in [0.1, 0.15) is 11.8 Å². The third-order valence-corrected chi connectivity index (χ3v) is 6.15. The topological polar surface area (TPSA) is 42.3 Å². The third kappa shape index (κ3) is 3.72. The Labute approximate surface area is 197 Å². The van der Waals surface area contributed by atoms with E-state index in [9.17, 15) is 0 Å². The predicted molar refractivity (Wildman–Crippen MR) is 132 cm³/mol. The number of aromatic nitrogens is 2. The molecule has 1 aliphatic heterocycles. The van der Waals surface area contributed by atoms with Crippen LogP contribution in [0, 0.1) is 0 Å². The van der Waals surface area contributed by atoms with Crippen LogP contribution in [0.3, 0.4) is 0 Å². The van der Waals surface area contributed by atoms with E-state index < -0.39 is 0 Å². The van der Waals surface area contributed by atoms with Gasteiger partial charge in [0.25, 0.3) is 0 Å². The molecule has 5 nitrogen and oxygen atoms in total. The summed E-state index contributed by atoms with van der Waals surface area (Å²) in [6.45, 7) is 0. The Hall–Kier alpha value is -3.35. The lowest BCUT2D eigenvalue weighted by molar-refractivity contribution is 0.414. The minimum Gasteiger partial charge on any atom is -0.497 e. The Balaban J connectivity index is 1.67. The van der Waals surface area contributed by atoms with Gasteiger partial charge < -0.3 is 19.5 Å². The number of rotatable bonds is 5. The maximum absolute atomic E-state index is 6.30. The average Bonchev–Trinajstić information content (AvgIpc) is 3.44. The fourth-order valence-electron chi connectivity index (χ4n) is 4.19. The van der Waals surface area contributed by atoms with Gasteiger partial charge in [-0.05, 0) is 66.8 Å². The molecule has 0 spiro atoms. The van der Waals surface area contributed by atoms with Crippen molar-refractivity contribution in [3.05, 3.63) is 108 Å². The van der Waals surface area contributed by atoms with E-state index in [2.05, 4.69) is 25.8 Å². The van der Waals surface area contributed by atoms with Gasteiger partial charge in [-0.3, -0.25) is 4.98 Å². The molecule has 0 radical (unpaired) electrons. The van der Waals surface area contributed by atoms with Crippen molar-refractivity contribution in [2.75, 3.05) is 12.0 Å². The molecule has 1 saturated heterocycles. The van der Waals surface area contributed by atoms with E-state index in [4.69, 9.17) is 28.6 Å². The molecule has 3 heterocycles. The third-order valence-electron chi connectivity index (χ3n) is 5.60. The quantitative estimate of drug-likeness (QED) is 0.386. The molecule has 2 atom stereocenters. The molecule has 7 heteroatoms. The number of methoxy groups -OCH3 is 1. The Morgan fingerprint density at radius 2 is 1.81 bits per heavy atom. The van der Waals surface area contributed by atoms with Gasteiger partial charge in [-0.1, -0.05) is 29.8 Å². The minimum absolute atomic E-state index is 0.136. The number of anilines is 1. The molecular weight excluding hydrogens is 440 g/mol. The molecule has 5 rings (SSSR count). The summed E-state index contributed by atoms with van der Waals surface area (Å²) >= 11 is 12.1. The highest BCUT2D eigenvalue weighted by atomic mass is 35.5. The lowest BCUT2D eigenvalue weighted by Crippen LogP contribution is -2.30. The molecule has 32 heavy (non-hydrogen) atoms. The Bertz CT molecular complexity index is 1260. The molecule has 160 valence electrons. The van der Waals surface area contributed by atoms with Crippen molar-refractivity contribution in [3.63, 3.8) is 0 Å². The second-order valence-corrected chi connectivity index (χ2v) is 8.30. The van der Waals surface area contributed by atoms with Crippen LogP contribution in [0.2, 0.25) is 5.02 Å². The van der Waals surface area contributed by atoms with E-state index >= 15 is 0 Å².